The number of hydrogen-bond acceptors (Lipinski definition) is 4. The Morgan fingerprint density at radius 2 is 2.04 bits per heavy atom. The fourth-order valence-electron chi connectivity index (χ4n) is 4.15. The minimum Gasteiger partial charge on any atom is -0.483 e. The summed E-state index contributed by atoms with van der Waals surface area (Å²) in [6.07, 6.45) is 3.03. The van der Waals surface area contributed by atoms with Crippen LogP contribution in [0.3, 0.4) is 0 Å². The topological polar surface area (TPSA) is 76.7 Å². The number of nitrogens with one attached hydrogen (secondary N) is 2. The number of methoxy groups -OCH3 is 1. The van der Waals surface area contributed by atoms with Crippen molar-refractivity contribution in [1.29, 1.82) is 0 Å². The molecule has 1 saturated heterocycles. The molecule has 2 aliphatic heterocycles. The van der Waals surface area contributed by atoms with Crippen molar-refractivity contribution in [2.75, 3.05) is 7.11 Å². The first kappa shape index (κ1) is 15.0. The number of fused-ring (bicyclic) bond motifs is 3. The summed E-state index contributed by atoms with van der Waals surface area (Å²) in [5.74, 6) is 0.316. The minimum absolute atomic E-state index is 0.164. The Balaban J connectivity index is 1.85. The maximum Gasteiger partial charge on any atom is 0.322 e. The summed E-state index contributed by atoms with van der Waals surface area (Å²) in [6, 6.07) is 5.11. The summed E-state index contributed by atoms with van der Waals surface area (Å²) in [6.45, 7) is 0. The minimum atomic E-state index is -1.16. The number of urea groups is 1. The van der Waals surface area contributed by atoms with Crippen LogP contribution < -0.4 is 15.4 Å². The number of ether oxygens (including phenoxy) is 2. The summed E-state index contributed by atoms with van der Waals surface area (Å²) in [5, 5.41) is 5.26. The highest BCUT2D eigenvalue weighted by Crippen LogP contribution is 2.55. The molecule has 1 aliphatic carbocycles. The molecule has 2 spiro atoms. The van der Waals surface area contributed by atoms with Crippen molar-refractivity contribution in [2.24, 2.45) is 0 Å². The van der Waals surface area contributed by atoms with Crippen molar-refractivity contribution in [3.8, 4) is 5.75 Å². The Morgan fingerprint density at radius 3 is 2.65 bits per heavy atom. The van der Waals surface area contributed by atoms with E-state index in [2.05, 4.69) is 26.6 Å². The van der Waals surface area contributed by atoms with Gasteiger partial charge in [-0.1, -0.05) is 15.9 Å². The van der Waals surface area contributed by atoms with Crippen LogP contribution in [-0.2, 0) is 15.1 Å². The van der Waals surface area contributed by atoms with Crippen LogP contribution in [0.4, 0.5) is 4.79 Å². The van der Waals surface area contributed by atoms with Crippen LogP contribution in [0.1, 0.15) is 31.2 Å². The van der Waals surface area contributed by atoms with Crippen LogP contribution in [0.5, 0.6) is 5.75 Å². The summed E-state index contributed by atoms with van der Waals surface area (Å²) in [4.78, 5) is 24.7. The molecule has 0 aromatic heterocycles. The first-order valence-corrected chi connectivity index (χ1v) is 8.45. The molecule has 1 aromatic carbocycles. The van der Waals surface area contributed by atoms with Crippen molar-refractivity contribution in [3.63, 3.8) is 0 Å². The average Bonchev–Trinajstić information content (AvgIpc) is 2.97. The number of amides is 3. The van der Waals surface area contributed by atoms with Crippen LogP contribution in [0, 0.1) is 0 Å². The quantitative estimate of drug-likeness (QED) is 0.732. The molecule has 7 heteroatoms. The highest BCUT2D eigenvalue weighted by atomic mass is 79.9. The van der Waals surface area contributed by atoms with Gasteiger partial charge in [0.1, 0.15) is 11.4 Å². The number of carbonyl (C=O) groups excluding carboxylic acids is 2. The lowest BCUT2D eigenvalue weighted by molar-refractivity contribution is -0.135. The monoisotopic (exact) mass is 380 g/mol. The van der Waals surface area contributed by atoms with Gasteiger partial charge in [-0.3, -0.25) is 10.1 Å². The lowest BCUT2D eigenvalue weighted by atomic mass is 9.68. The summed E-state index contributed by atoms with van der Waals surface area (Å²) in [5.41, 5.74) is -1.21. The molecule has 122 valence electrons. The van der Waals surface area contributed by atoms with E-state index in [0.29, 0.717) is 24.2 Å². The van der Waals surface area contributed by atoms with E-state index >= 15 is 0 Å². The molecular weight excluding hydrogens is 364 g/mol. The van der Waals surface area contributed by atoms with E-state index in [1.54, 1.807) is 7.11 Å². The average molecular weight is 381 g/mol. The van der Waals surface area contributed by atoms with Crippen LogP contribution in [0.25, 0.3) is 0 Å². The summed E-state index contributed by atoms with van der Waals surface area (Å²) in [7, 11) is 1.70. The fourth-order valence-corrected chi connectivity index (χ4v) is 4.51. The van der Waals surface area contributed by atoms with E-state index in [0.717, 1.165) is 17.3 Å². The highest BCUT2D eigenvalue weighted by molar-refractivity contribution is 9.10. The largest absolute Gasteiger partial charge is 0.483 e. The van der Waals surface area contributed by atoms with Gasteiger partial charge in [0, 0.05) is 17.1 Å². The van der Waals surface area contributed by atoms with E-state index in [-0.39, 0.29) is 12.0 Å². The molecule has 1 unspecified atom stereocenters. The van der Waals surface area contributed by atoms with Gasteiger partial charge in [-0.25, -0.2) is 4.79 Å². The van der Waals surface area contributed by atoms with Crippen LogP contribution in [0.2, 0.25) is 0 Å². The van der Waals surface area contributed by atoms with Gasteiger partial charge in [0.25, 0.3) is 5.91 Å². The number of rotatable bonds is 1. The fraction of sp³-hybridized carbons (Fsp3) is 0.500. The molecule has 23 heavy (non-hydrogen) atoms. The Bertz CT molecular complexity index is 699. The standard InChI is InChI=1S/C16H17BrN2O4/c1-22-10-4-6-15(7-5-10)16(13(20)18-14(21)19-16)11-8-9(17)2-3-12(11)23-15/h2-3,8,10H,4-7H2,1H3,(H2,18,19,20,21). The lowest BCUT2D eigenvalue weighted by Crippen LogP contribution is -2.62. The first-order chi connectivity index (χ1) is 11.0. The third-order valence-corrected chi connectivity index (χ3v) is 5.77. The molecule has 1 atom stereocenters. The first-order valence-electron chi connectivity index (χ1n) is 7.66. The van der Waals surface area contributed by atoms with Gasteiger partial charge in [0.15, 0.2) is 5.54 Å². The number of hydrogen-bond donors (Lipinski definition) is 2. The van der Waals surface area contributed by atoms with Gasteiger partial charge in [0.2, 0.25) is 0 Å². The second-order valence-corrected chi connectivity index (χ2v) is 7.25. The zero-order valence-electron chi connectivity index (χ0n) is 12.6. The van der Waals surface area contributed by atoms with Crippen molar-refractivity contribution >= 4 is 27.9 Å². The maximum atomic E-state index is 12.8. The second-order valence-electron chi connectivity index (χ2n) is 6.33. The Labute approximate surface area is 142 Å². The van der Waals surface area contributed by atoms with E-state index in [4.69, 9.17) is 9.47 Å². The third-order valence-electron chi connectivity index (χ3n) is 5.28. The van der Waals surface area contributed by atoms with Crippen molar-refractivity contribution in [3.05, 3.63) is 28.2 Å². The molecule has 2 heterocycles. The molecule has 2 fully saturated rings. The molecule has 2 N–H and O–H groups in total. The van der Waals surface area contributed by atoms with Crippen molar-refractivity contribution < 1.29 is 19.1 Å². The Hall–Kier alpha value is -1.60. The smallest absolute Gasteiger partial charge is 0.322 e. The predicted molar refractivity (Wildman–Crippen MR) is 85.1 cm³/mol. The van der Waals surface area contributed by atoms with Gasteiger partial charge < -0.3 is 14.8 Å². The number of imide groups is 1. The van der Waals surface area contributed by atoms with E-state index in [9.17, 15) is 9.59 Å². The molecule has 4 rings (SSSR count). The molecule has 1 aromatic rings. The zero-order chi connectivity index (χ0) is 16.2. The van der Waals surface area contributed by atoms with E-state index in [1.165, 1.54) is 0 Å². The van der Waals surface area contributed by atoms with Gasteiger partial charge >= 0.3 is 6.03 Å². The molecule has 1 saturated carbocycles. The predicted octanol–water partition coefficient (Wildman–Crippen LogP) is 2.20. The van der Waals surface area contributed by atoms with Gasteiger partial charge in [-0.05, 0) is 43.9 Å². The van der Waals surface area contributed by atoms with E-state index < -0.39 is 17.2 Å². The molecular formula is C16H17BrN2O4. The molecule has 0 radical (unpaired) electrons. The van der Waals surface area contributed by atoms with Gasteiger partial charge in [-0.15, -0.1) is 0 Å². The second kappa shape index (κ2) is 4.95. The molecule has 0 bridgehead atoms. The summed E-state index contributed by atoms with van der Waals surface area (Å²) >= 11 is 3.44. The van der Waals surface area contributed by atoms with Crippen molar-refractivity contribution in [1.82, 2.24) is 10.6 Å². The number of halogens is 1. The van der Waals surface area contributed by atoms with Crippen molar-refractivity contribution in [2.45, 2.75) is 42.9 Å². The lowest BCUT2D eigenvalue weighted by Gasteiger charge is -2.44. The van der Waals surface area contributed by atoms with Crippen LogP contribution in [0.15, 0.2) is 22.7 Å². The van der Waals surface area contributed by atoms with E-state index in [1.807, 2.05) is 18.2 Å². The summed E-state index contributed by atoms with van der Waals surface area (Å²) < 4.78 is 12.6. The molecule has 3 aliphatic rings. The highest BCUT2D eigenvalue weighted by Gasteiger charge is 2.68. The number of benzene rings is 1. The van der Waals surface area contributed by atoms with Crippen LogP contribution >= 0.6 is 15.9 Å². The normalized spacial score (nSPS) is 35.1. The molecule has 3 amide bonds. The maximum absolute atomic E-state index is 12.8. The Kier molecular flexibility index (Phi) is 3.22. The van der Waals surface area contributed by atoms with Gasteiger partial charge in [-0.2, -0.15) is 0 Å². The Morgan fingerprint density at radius 1 is 1.30 bits per heavy atom. The number of carbonyl (C=O) groups is 2. The molecule has 6 nitrogen and oxygen atoms in total. The van der Waals surface area contributed by atoms with Crippen LogP contribution in [-0.4, -0.2) is 30.8 Å². The third kappa shape index (κ3) is 1.89. The SMILES string of the molecule is COC1CCC2(CC1)Oc1ccc(Br)cc1C21NC(=O)NC1=O. The zero-order valence-corrected chi connectivity index (χ0v) is 14.2. The van der Waals surface area contributed by atoms with Gasteiger partial charge in [0.05, 0.1) is 6.10 Å².